The maximum absolute atomic E-state index is 12.2. The Labute approximate surface area is 243 Å². The molecule has 0 aliphatic carbocycles. The van der Waals surface area contributed by atoms with Crippen molar-refractivity contribution in [1.82, 2.24) is 15.7 Å². The number of likely N-dealkylation sites (tertiary alicyclic amines) is 1. The van der Waals surface area contributed by atoms with E-state index in [0.29, 0.717) is 25.8 Å². The average molecular weight is 568 g/mol. The second-order valence-electron chi connectivity index (χ2n) is 11.2. The first-order valence-electron chi connectivity index (χ1n) is 15.1. The van der Waals surface area contributed by atoms with Crippen molar-refractivity contribution < 1.29 is 29.4 Å². The zero-order valence-electron chi connectivity index (χ0n) is 23.9. The van der Waals surface area contributed by atoms with Crippen molar-refractivity contribution in [3.8, 4) is 0 Å². The SMILES string of the molecule is O=C(CCCCC(=O)NCc1ccc([C@H]2O[C@@H](CN3CCCCCCC3)C[C@@H](c3ccc(CO)cc3)O2)cc1)NO. The normalized spacial score (nSPS) is 22.0. The molecule has 9 nitrogen and oxygen atoms in total. The van der Waals surface area contributed by atoms with Crippen LogP contribution in [0.1, 0.15) is 98.9 Å². The minimum absolute atomic E-state index is 0.0191. The van der Waals surface area contributed by atoms with Gasteiger partial charge in [-0.15, -0.1) is 0 Å². The van der Waals surface area contributed by atoms with E-state index >= 15 is 0 Å². The molecule has 0 unspecified atom stereocenters. The van der Waals surface area contributed by atoms with Crippen LogP contribution in [-0.2, 0) is 32.2 Å². The van der Waals surface area contributed by atoms with Crippen LogP contribution in [0.25, 0.3) is 0 Å². The van der Waals surface area contributed by atoms with E-state index in [1.54, 1.807) is 5.48 Å². The maximum Gasteiger partial charge on any atom is 0.243 e. The third-order valence-corrected chi connectivity index (χ3v) is 7.95. The summed E-state index contributed by atoms with van der Waals surface area (Å²) >= 11 is 0. The first-order chi connectivity index (χ1) is 20.0. The van der Waals surface area contributed by atoms with E-state index in [1.807, 2.05) is 48.5 Å². The van der Waals surface area contributed by atoms with Gasteiger partial charge < -0.3 is 24.8 Å². The van der Waals surface area contributed by atoms with E-state index < -0.39 is 12.2 Å². The largest absolute Gasteiger partial charge is 0.392 e. The molecular formula is C32H45N3O6. The fourth-order valence-electron chi connectivity index (χ4n) is 5.53. The van der Waals surface area contributed by atoms with Crippen molar-refractivity contribution in [3.63, 3.8) is 0 Å². The molecule has 2 aliphatic heterocycles. The molecular weight excluding hydrogens is 522 g/mol. The van der Waals surface area contributed by atoms with Crippen LogP contribution >= 0.6 is 0 Å². The predicted octanol–water partition coefficient (Wildman–Crippen LogP) is 4.67. The summed E-state index contributed by atoms with van der Waals surface area (Å²) in [5.74, 6) is -0.509. The first kappa shape index (κ1) is 31.1. The molecule has 0 spiro atoms. The fourth-order valence-corrected chi connectivity index (χ4v) is 5.53. The maximum atomic E-state index is 12.2. The molecule has 4 rings (SSSR count). The summed E-state index contributed by atoms with van der Waals surface area (Å²) in [5.41, 5.74) is 5.49. The van der Waals surface area contributed by atoms with Gasteiger partial charge in [0.25, 0.3) is 0 Å². The second kappa shape index (κ2) is 16.6. The molecule has 3 atom stereocenters. The zero-order valence-corrected chi connectivity index (χ0v) is 23.9. The highest BCUT2D eigenvalue weighted by Crippen LogP contribution is 2.38. The number of benzene rings is 2. The van der Waals surface area contributed by atoms with Gasteiger partial charge in [0, 0.05) is 37.9 Å². The van der Waals surface area contributed by atoms with Crippen LogP contribution in [0.5, 0.6) is 0 Å². The Morgan fingerprint density at radius 3 is 2.07 bits per heavy atom. The third-order valence-electron chi connectivity index (χ3n) is 7.95. The van der Waals surface area contributed by atoms with Gasteiger partial charge in [0.15, 0.2) is 6.29 Å². The Kier molecular flexibility index (Phi) is 12.6. The van der Waals surface area contributed by atoms with Gasteiger partial charge in [0.2, 0.25) is 11.8 Å². The smallest absolute Gasteiger partial charge is 0.243 e. The number of amides is 2. The number of nitrogens with one attached hydrogen (secondary N) is 2. The van der Waals surface area contributed by atoms with Crippen LogP contribution in [0, 0.1) is 0 Å². The molecule has 2 saturated heterocycles. The number of carbonyl (C=O) groups excluding carboxylic acids is 2. The van der Waals surface area contributed by atoms with E-state index in [2.05, 4.69) is 10.2 Å². The molecule has 41 heavy (non-hydrogen) atoms. The summed E-state index contributed by atoms with van der Waals surface area (Å²) in [5, 5.41) is 20.9. The van der Waals surface area contributed by atoms with Crippen molar-refractivity contribution in [2.24, 2.45) is 0 Å². The van der Waals surface area contributed by atoms with Crippen LogP contribution in [-0.4, -0.2) is 52.8 Å². The topological polar surface area (TPSA) is 120 Å². The number of unbranched alkanes of at least 4 members (excludes halogenated alkanes) is 1. The van der Waals surface area contributed by atoms with Crippen molar-refractivity contribution in [2.75, 3.05) is 19.6 Å². The fraction of sp³-hybridized carbons (Fsp3) is 0.562. The number of aliphatic hydroxyl groups is 1. The van der Waals surface area contributed by atoms with Crippen LogP contribution in [0.4, 0.5) is 0 Å². The molecule has 224 valence electrons. The van der Waals surface area contributed by atoms with Gasteiger partial charge in [-0.1, -0.05) is 67.8 Å². The number of ether oxygens (including phenoxy) is 2. The van der Waals surface area contributed by atoms with Crippen LogP contribution in [0.15, 0.2) is 48.5 Å². The molecule has 4 N–H and O–H groups in total. The Morgan fingerprint density at radius 2 is 1.41 bits per heavy atom. The van der Waals surface area contributed by atoms with Gasteiger partial charge >= 0.3 is 0 Å². The van der Waals surface area contributed by atoms with Crippen LogP contribution in [0.3, 0.4) is 0 Å². The van der Waals surface area contributed by atoms with Crippen LogP contribution < -0.4 is 10.8 Å². The molecule has 2 heterocycles. The molecule has 0 aromatic heterocycles. The molecule has 0 radical (unpaired) electrons. The molecule has 2 aromatic rings. The van der Waals surface area contributed by atoms with Gasteiger partial charge in [-0.25, -0.2) is 5.48 Å². The van der Waals surface area contributed by atoms with Gasteiger partial charge in [-0.2, -0.15) is 0 Å². The monoisotopic (exact) mass is 567 g/mol. The second-order valence-corrected chi connectivity index (χ2v) is 11.2. The van der Waals surface area contributed by atoms with E-state index in [4.69, 9.17) is 14.7 Å². The zero-order chi connectivity index (χ0) is 28.9. The lowest BCUT2D eigenvalue weighted by atomic mass is 9.99. The molecule has 2 amide bonds. The van der Waals surface area contributed by atoms with Crippen molar-refractivity contribution in [1.29, 1.82) is 0 Å². The Hall–Kier alpha value is -2.82. The van der Waals surface area contributed by atoms with E-state index in [1.165, 1.54) is 32.1 Å². The van der Waals surface area contributed by atoms with E-state index in [9.17, 15) is 14.7 Å². The number of carbonyl (C=O) groups is 2. The number of hydroxylamine groups is 1. The standard InChI is InChI=1S/C32H45N3O6/c36-23-25-12-14-26(15-13-25)29-20-28(22-35-18-6-2-1-3-7-19-35)40-32(41-29)27-16-10-24(11-17-27)21-33-30(37)8-4-5-9-31(38)34-39/h10-17,28-29,32,36,39H,1-9,18-23H2,(H,33,37)(H,34,38)/t28-,29+,32+/m1/s1. The Balaban J connectivity index is 1.36. The minimum Gasteiger partial charge on any atom is -0.392 e. The molecule has 2 aromatic carbocycles. The quantitative estimate of drug-likeness (QED) is 0.167. The van der Waals surface area contributed by atoms with Gasteiger partial charge in [0.1, 0.15) is 0 Å². The summed E-state index contributed by atoms with van der Waals surface area (Å²) in [6, 6.07) is 16.0. The molecule has 2 fully saturated rings. The Morgan fingerprint density at radius 1 is 0.805 bits per heavy atom. The van der Waals surface area contributed by atoms with Crippen molar-refractivity contribution in [3.05, 3.63) is 70.8 Å². The highest BCUT2D eigenvalue weighted by molar-refractivity contribution is 5.76. The first-order valence-corrected chi connectivity index (χ1v) is 15.1. The Bertz CT molecular complexity index is 1070. The van der Waals surface area contributed by atoms with Crippen molar-refractivity contribution in [2.45, 2.75) is 95.9 Å². The highest BCUT2D eigenvalue weighted by atomic mass is 16.7. The number of aliphatic hydroxyl groups excluding tert-OH is 1. The van der Waals surface area contributed by atoms with E-state index in [0.717, 1.165) is 48.3 Å². The predicted molar refractivity (Wildman–Crippen MR) is 155 cm³/mol. The number of hydrogen-bond donors (Lipinski definition) is 4. The number of rotatable bonds is 12. The van der Waals surface area contributed by atoms with E-state index in [-0.39, 0.29) is 31.1 Å². The summed E-state index contributed by atoms with van der Waals surface area (Å²) in [4.78, 5) is 25.8. The van der Waals surface area contributed by atoms with Gasteiger partial charge in [-0.3, -0.25) is 14.8 Å². The summed E-state index contributed by atoms with van der Waals surface area (Å²) in [6.07, 6.45) is 8.26. The number of hydrogen-bond acceptors (Lipinski definition) is 7. The lowest BCUT2D eigenvalue weighted by Crippen LogP contribution is -2.40. The molecule has 0 bridgehead atoms. The van der Waals surface area contributed by atoms with Gasteiger partial charge in [0.05, 0.1) is 18.8 Å². The summed E-state index contributed by atoms with van der Waals surface area (Å²) in [6.45, 7) is 3.55. The highest BCUT2D eigenvalue weighted by Gasteiger charge is 2.33. The summed E-state index contributed by atoms with van der Waals surface area (Å²) in [7, 11) is 0. The minimum atomic E-state index is -0.495. The molecule has 2 aliphatic rings. The molecule has 0 saturated carbocycles. The lowest BCUT2D eigenvalue weighted by molar-refractivity contribution is -0.253. The van der Waals surface area contributed by atoms with Crippen LogP contribution in [0.2, 0.25) is 0 Å². The van der Waals surface area contributed by atoms with Crippen molar-refractivity contribution >= 4 is 11.8 Å². The third kappa shape index (κ3) is 10.2. The van der Waals surface area contributed by atoms with Gasteiger partial charge in [-0.05, 0) is 55.5 Å². The summed E-state index contributed by atoms with van der Waals surface area (Å²) < 4.78 is 13.0. The molecule has 9 heteroatoms. The lowest BCUT2D eigenvalue weighted by Gasteiger charge is -2.38. The average Bonchev–Trinajstić information content (AvgIpc) is 2.99. The number of nitrogens with zero attached hydrogens (tertiary/aromatic N) is 1.